The Morgan fingerprint density at radius 2 is 1.37 bits per heavy atom. The number of hydrogen-bond acceptors (Lipinski definition) is 5. The van der Waals surface area contributed by atoms with E-state index in [9.17, 15) is 8.42 Å². The molecule has 7 nitrogen and oxygen atoms in total. The van der Waals surface area contributed by atoms with Crippen LogP contribution in [-0.4, -0.2) is 37.5 Å². The molecule has 0 aliphatic carbocycles. The number of sulfonamides is 1. The smallest absolute Gasteiger partial charge is 0.262 e. The average Bonchev–Trinajstić information content (AvgIpc) is 3.50. The zero-order valence-corrected chi connectivity index (χ0v) is 25.0. The van der Waals surface area contributed by atoms with Gasteiger partial charge in [0.1, 0.15) is 5.69 Å². The molecule has 5 aromatic carbocycles. The number of nitrogens with zero attached hydrogens (tertiary/aromatic N) is 4. The molecule has 1 N–H and O–H groups in total. The van der Waals surface area contributed by atoms with Gasteiger partial charge in [0.2, 0.25) is 0 Å². The lowest BCUT2D eigenvalue weighted by molar-refractivity contribution is 0.559. The Balaban J connectivity index is 1.12. The fraction of sp³-hybridized carbons (Fsp3) is 0.143. The number of fused-ring (bicyclic) bond motifs is 1. The number of rotatable bonds is 10. The van der Waals surface area contributed by atoms with Gasteiger partial charge in [0.15, 0.2) is 0 Å². The molecule has 0 saturated heterocycles. The maximum atomic E-state index is 13.4. The molecule has 43 heavy (non-hydrogen) atoms. The highest BCUT2D eigenvalue weighted by molar-refractivity contribution is 7.93. The SMILES string of the molecule is CN(C)c1cccc2c(S(=O)(=O)Nc3ccc(-c4ccc(-c5cn(CCCc6ccccc6)nn5)cc4)cc3)cccc12. The van der Waals surface area contributed by atoms with Crippen LogP contribution >= 0.6 is 0 Å². The lowest BCUT2D eigenvalue weighted by atomic mass is 10.0. The Labute approximate surface area is 252 Å². The van der Waals surface area contributed by atoms with Crippen LogP contribution in [0.15, 0.2) is 126 Å². The van der Waals surface area contributed by atoms with Crippen molar-refractivity contribution in [2.45, 2.75) is 24.3 Å². The minimum atomic E-state index is -3.80. The summed E-state index contributed by atoms with van der Waals surface area (Å²) in [4.78, 5) is 2.23. The first kappa shape index (κ1) is 28.2. The summed E-state index contributed by atoms with van der Waals surface area (Å²) in [6, 6.07) is 37.1. The molecule has 216 valence electrons. The highest BCUT2D eigenvalue weighted by Gasteiger charge is 2.19. The summed E-state index contributed by atoms with van der Waals surface area (Å²) in [5.41, 5.74) is 6.64. The summed E-state index contributed by atoms with van der Waals surface area (Å²) in [5.74, 6) is 0. The van der Waals surface area contributed by atoms with Gasteiger partial charge in [0, 0.05) is 48.4 Å². The minimum absolute atomic E-state index is 0.251. The van der Waals surface area contributed by atoms with E-state index < -0.39 is 10.0 Å². The zero-order valence-electron chi connectivity index (χ0n) is 24.2. The summed E-state index contributed by atoms with van der Waals surface area (Å²) >= 11 is 0. The lowest BCUT2D eigenvalue weighted by Crippen LogP contribution is -2.14. The monoisotopic (exact) mass is 587 g/mol. The normalized spacial score (nSPS) is 11.5. The summed E-state index contributed by atoms with van der Waals surface area (Å²) in [6.45, 7) is 0.813. The van der Waals surface area contributed by atoms with Crippen LogP contribution < -0.4 is 9.62 Å². The molecular weight excluding hydrogens is 554 g/mol. The molecule has 0 unspecified atom stereocenters. The summed E-state index contributed by atoms with van der Waals surface area (Å²) in [7, 11) is 0.0973. The van der Waals surface area contributed by atoms with E-state index in [0.717, 1.165) is 52.8 Å². The Hall–Kier alpha value is -4.95. The first-order chi connectivity index (χ1) is 20.9. The van der Waals surface area contributed by atoms with Crippen LogP contribution in [0.2, 0.25) is 0 Å². The molecule has 0 atom stereocenters. The van der Waals surface area contributed by atoms with Gasteiger partial charge in [0.25, 0.3) is 10.0 Å². The summed E-state index contributed by atoms with van der Waals surface area (Å²) in [6.07, 6.45) is 3.99. The van der Waals surface area contributed by atoms with Gasteiger partial charge in [0.05, 0.1) is 11.1 Å². The maximum Gasteiger partial charge on any atom is 0.262 e. The van der Waals surface area contributed by atoms with Gasteiger partial charge in [-0.1, -0.05) is 96.2 Å². The van der Waals surface area contributed by atoms with Gasteiger partial charge >= 0.3 is 0 Å². The molecule has 0 amide bonds. The van der Waals surface area contributed by atoms with Gasteiger partial charge in [-0.3, -0.25) is 9.40 Å². The molecule has 0 radical (unpaired) electrons. The molecular formula is C35H33N5O2S. The third-order valence-electron chi connectivity index (χ3n) is 7.52. The van der Waals surface area contributed by atoms with Gasteiger partial charge in [-0.25, -0.2) is 8.42 Å². The van der Waals surface area contributed by atoms with E-state index >= 15 is 0 Å². The van der Waals surface area contributed by atoms with Gasteiger partial charge in [-0.05, 0) is 53.8 Å². The molecule has 1 heterocycles. The van der Waals surface area contributed by atoms with Gasteiger partial charge < -0.3 is 4.90 Å². The van der Waals surface area contributed by atoms with Crippen LogP contribution in [-0.2, 0) is 23.0 Å². The first-order valence-electron chi connectivity index (χ1n) is 14.2. The Bertz CT molecular complexity index is 1950. The van der Waals surface area contributed by atoms with Crippen molar-refractivity contribution in [2.75, 3.05) is 23.7 Å². The van der Waals surface area contributed by atoms with Crippen LogP contribution in [0.5, 0.6) is 0 Å². The Morgan fingerprint density at radius 3 is 2.09 bits per heavy atom. The molecule has 0 bridgehead atoms. The van der Waals surface area contributed by atoms with Crippen LogP contribution in [0.3, 0.4) is 0 Å². The van der Waals surface area contributed by atoms with Crippen molar-refractivity contribution in [3.63, 3.8) is 0 Å². The standard InChI is InChI=1S/C35H33N5O2S/c1-39(2)34-14-6-13-32-31(34)12-7-15-35(32)43(41,42)37-30-22-20-28(21-23-30)27-16-18-29(19-17-27)33-25-40(38-36-33)24-8-11-26-9-4-3-5-10-26/h3-7,9-10,12-23,25,37H,8,11,24H2,1-2H3. The summed E-state index contributed by atoms with van der Waals surface area (Å²) < 4.78 is 31.5. The van der Waals surface area contributed by atoms with Crippen molar-refractivity contribution in [1.29, 1.82) is 0 Å². The number of aryl methyl sites for hydroxylation is 2. The largest absolute Gasteiger partial charge is 0.377 e. The second-order valence-electron chi connectivity index (χ2n) is 10.7. The van der Waals surface area contributed by atoms with E-state index in [1.807, 2.05) is 96.6 Å². The fourth-order valence-electron chi connectivity index (χ4n) is 5.29. The third-order valence-corrected chi connectivity index (χ3v) is 8.96. The van der Waals surface area contributed by atoms with E-state index in [-0.39, 0.29) is 4.90 Å². The third kappa shape index (κ3) is 6.29. The Morgan fingerprint density at radius 1 is 0.721 bits per heavy atom. The molecule has 0 spiro atoms. The molecule has 0 aliphatic heterocycles. The van der Waals surface area contributed by atoms with E-state index in [0.29, 0.717) is 11.1 Å². The predicted molar refractivity (Wildman–Crippen MR) is 175 cm³/mol. The van der Waals surface area contributed by atoms with Crippen LogP contribution in [0.4, 0.5) is 11.4 Å². The van der Waals surface area contributed by atoms with Crippen LogP contribution in [0.25, 0.3) is 33.2 Å². The molecule has 8 heteroatoms. The zero-order chi connectivity index (χ0) is 29.8. The summed E-state index contributed by atoms with van der Waals surface area (Å²) in [5, 5.41) is 10.2. The number of benzene rings is 5. The van der Waals surface area contributed by atoms with Crippen molar-refractivity contribution in [2.24, 2.45) is 0 Å². The van der Waals surface area contributed by atoms with Crippen molar-refractivity contribution in [3.05, 3.63) is 127 Å². The van der Waals surface area contributed by atoms with Crippen molar-refractivity contribution >= 4 is 32.2 Å². The van der Waals surface area contributed by atoms with E-state index in [1.54, 1.807) is 24.3 Å². The first-order valence-corrected chi connectivity index (χ1v) is 15.7. The minimum Gasteiger partial charge on any atom is -0.377 e. The van der Waals surface area contributed by atoms with Crippen LogP contribution in [0, 0.1) is 0 Å². The van der Waals surface area contributed by atoms with Crippen molar-refractivity contribution < 1.29 is 8.42 Å². The van der Waals surface area contributed by atoms with Gasteiger partial charge in [-0.2, -0.15) is 0 Å². The number of anilines is 2. The average molecular weight is 588 g/mol. The van der Waals surface area contributed by atoms with Crippen molar-refractivity contribution in [1.82, 2.24) is 15.0 Å². The van der Waals surface area contributed by atoms with E-state index in [4.69, 9.17) is 0 Å². The molecule has 0 fully saturated rings. The molecule has 6 rings (SSSR count). The highest BCUT2D eigenvalue weighted by atomic mass is 32.2. The second-order valence-corrected chi connectivity index (χ2v) is 12.4. The number of aromatic nitrogens is 3. The lowest BCUT2D eigenvalue weighted by Gasteiger charge is -2.17. The van der Waals surface area contributed by atoms with Crippen molar-refractivity contribution in [3.8, 4) is 22.4 Å². The highest BCUT2D eigenvalue weighted by Crippen LogP contribution is 2.32. The van der Waals surface area contributed by atoms with E-state index in [1.165, 1.54) is 5.56 Å². The maximum absolute atomic E-state index is 13.4. The second kappa shape index (κ2) is 12.1. The molecule has 6 aromatic rings. The fourth-order valence-corrected chi connectivity index (χ4v) is 6.57. The Kier molecular flexibility index (Phi) is 7.94. The van der Waals surface area contributed by atoms with Gasteiger partial charge in [-0.15, -0.1) is 5.10 Å². The molecule has 0 saturated carbocycles. The predicted octanol–water partition coefficient (Wildman–Crippen LogP) is 7.26. The van der Waals surface area contributed by atoms with Crippen LogP contribution in [0.1, 0.15) is 12.0 Å². The number of nitrogens with one attached hydrogen (secondary N) is 1. The van der Waals surface area contributed by atoms with E-state index in [2.05, 4.69) is 39.3 Å². The topological polar surface area (TPSA) is 80.1 Å². The number of hydrogen-bond donors (Lipinski definition) is 1. The molecule has 1 aromatic heterocycles. The molecule has 0 aliphatic rings. The quantitative estimate of drug-likeness (QED) is 0.182.